The first kappa shape index (κ1) is 14.6. The van der Waals surface area contributed by atoms with Gasteiger partial charge in [-0.15, -0.1) is 0 Å². The fraction of sp³-hybridized carbons (Fsp3) is 0.0588. The number of nitrogens with zero attached hydrogens (tertiary/aromatic N) is 3. The minimum atomic E-state index is -0.443. The van der Waals surface area contributed by atoms with Crippen molar-refractivity contribution in [3.05, 3.63) is 66.7 Å². The molecule has 0 unspecified atom stereocenters. The van der Waals surface area contributed by atoms with Gasteiger partial charge in [0.05, 0.1) is 24.6 Å². The molecule has 6 heteroatoms. The van der Waals surface area contributed by atoms with E-state index in [0.29, 0.717) is 17.2 Å². The number of ether oxygens (including phenoxy) is 1. The van der Waals surface area contributed by atoms with E-state index in [0.717, 1.165) is 11.1 Å². The Balaban J connectivity index is 1.77. The first-order chi connectivity index (χ1) is 11.3. The minimum Gasteiger partial charge on any atom is -0.465 e. The average molecular weight is 306 g/mol. The van der Waals surface area contributed by atoms with Crippen LogP contribution < -0.4 is 5.32 Å². The molecule has 0 aliphatic heterocycles. The number of hydrogen-bond acceptors (Lipinski definition) is 6. The molecule has 0 atom stereocenters. The van der Waals surface area contributed by atoms with E-state index in [2.05, 4.69) is 25.0 Å². The molecule has 0 saturated heterocycles. The van der Waals surface area contributed by atoms with Gasteiger partial charge in [0.25, 0.3) is 0 Å². The molecule has 0 bridgehead atoms. The van der Waals surface area contributed by atoms with Crippen LogP contribution in [0, 0.1) is 0 Å². The van der Waals surface area contributed by atoms with Gasteiger partial charge < -0.3 is 10.1 Å². The SMILES string of the molecule is COC(=O)c1cncc(Nc2ncc(-c3ccccc3)cn2)c1. The molecular weight excluding hydrogens is 292 g/mol. The van der Waals surface area contributed by atoms with Crippen LogP contribution in [-0.2, 0) is 4.74 Å². The summed E-state index contributed by atoms with van der Waals surface area (Å²) >= 11 is 0. The molecule has 0 fully saturated rings. The second kappa shape index (κ2) is 6.65. The third kappa shape index (κ3) is 3.49. The number of carbonyl (C=O) groups excluding carboxylic acids is 1. The first-order valence-electron chi connectivity index (χ1n) is 6.94. The number of methoxy groups -OCH3 is 1. The Labute approximate surface area is 133 Å². The third-order valence-corrected chi connectivity index (χ3v) is 3.17. The average Bonchev–Trinajstić information content (AvgIpc) is 2.62. The molecular formula is C17H14N4O2. The predicted octanol–water partition coefficient (Wildman–Crippen LogP) is 3.07. The van der Waals surface area contributed by atoms with Crippen molar-refractivity contribution < 1.29 is 9.53 Å². The number of carbonyl (C=O) groups is 1. The molecule has 0 amide bonds. The van der Waals surface area contributed by atoms with E-state index in [1.807, 2.05) is 30.3 Å². The Morgan fingerprint density at radius 2 is 1.74 bits per heavy atom. The van der Waals surface area contributed by atoms with Crippen LogP contribution >= 0.6 is 0 Å². The summed E-state index contributed by atoms with van der Waals surface area (Å²) in [6, 6.07) is 11.5. The van der Waals surface area contributed by atoms with Crippen LogP contribution in [0.25, 0.3) is 11.1 Å². The summed E-state index contributed by atoms with van der Waals surface area (Å²) < 4.78 is 4.67. The highest BCUT2D eigenvalue weighted by Crippen LogP contribution is 2.19. The Morgan fingerprint density at radius 3 is 2.43 bits per heavy atom. The molecule has 3 aromatic rings. The minimum absolute atomic E-state index is 0.360. The summed E-state index contributed by atoms with van der Waals surface area (Å²) in [6.45, 7) is 0. The van der Waals surface area contributed by atoms with E-state index in [-0.39, 0.29) is 0 Å². The summed E-state index contributed by atoms with van der Waals surface area (Å²) in [5, 5.41) is 3.01. The highest BCUT2D eigenvalue weighted by Gasteiger charge is 2.07. The molecule has 6 nitrogen and oxygen atoms in total. The summed E-state index contributed by atoms with van der Waals surface area (Å²) in [7, 11) is 1.33. The highest BCUT2D eigenvalue weighted by molar-refractivity contribution is 5.90. The molecule has 1 N–H and O–H groups in total. The Kier molecular flexibility index (Phi) is 4.24. The lowest BCUT2D eigenvalue weighted by atomic mass is 10.1. The fourth-order valence-electron chi connectivity index (χ4n) is 2.04. The van der Waals surface area contributed by atoms with Gasteiger partial charge in [-0.3, -0.25) is 4.98 Å². The standard InChI is InChI=1S/C17H14N4O2/c1-23-16(22)13-7-15(11-18-8-13)21-17-19-9-14(10-20-17)12-5-3-2-4-6-12/h2-11H,1H3,(H,19,20,21). The van der Waals surface area contributed by atoms with Gasteiger partial charge in [0.1, 0.15) is 0 Å². The number of pyridine rings is 1. The lowest BCUT2D eigenvalue weighted by molar-refractivity contribution is 0.0600. The Morgan fingerprint density at radius 1 is 1.00 bits per heavy atom. The zero-order chi connectivity index (χ0) is 16.1. The quantitative estimate of drug-likeness (QED) is 0.746. The Bertz CT molecular complexity index is 804. The predicted molar refractivity (Wildman–Crippen MR) is 86.3 cm³/mol. The van der Waals surface area contributed by atoms with Crippen LogP contribution in [0.5, 0.6) is 0 Å². The normalized spacial score (nSPS) is 10.1. The van der Waals surface area contributed by atoms with Crippen molar-refractivity contribution in [3.63, 3.8) is 0 Å². The maximum Gasteiger partial charge on any atom is 0.339 e. The maximum absolute atomic E-state index is 11.5. The van der Waals surface area contributed by atoms with E-state index in [1.54, 1.807) is 24.7 Å². The maximum atomic E-state index is 11.5. The van der Waals surface area contributed by atoms with Crippen LogP contribution in [-0.4, -0.2) is 28.0 Å². The number of benzene rings is 1. The molecule has 2 aromatic heterocycles. The fourth-order valence-corrected chi connectivity index (χ4v) is 2.04. The van der Waals surface area contributed by atoms with Gasteiger partial charge in [-0.2, -0.15) is 0 Å². The number of nitrogens with one attached hydrogen (secondary N) is 1. The van der Waals surface area contributed by atoms with Gasteiger partial charge in [-0.05, 0) is 11.6 Å². The number of aromatic nitrogens is 3. The molecule has 0 aliphatic carbocycles. The number of hydrogen-bond donors (Lipinski definition) is 1. The van der Waals surface area contributed by atoms with Gasteiger partial charge in [0.15, 0.2) is 0 Å². The zero-order valence-electron chi connectivity index (χ0n) is 12.4. The summed E-state index contributed by atoms with van der Waals surface area (Å²) in [5.41, 5.74) is 2.95. The van der Waals surface area contributed by atoms with E-state index >= 15 is 0 Å². The van der Waals surface area contributed by atoms with Crippen LogP contribution in [0.4, 0.5) is 11.6 Å². The van der Waals surface area contributed by atoms with Crippen LogP contribution in [0.2, 0.25) is 0 Å². The van der Waals surface area contributed by atoms with Gasteiger partial charge in [-0.1, -0.05) is 30.3 Å². The monoisotopic (exact) mass is 306 g/mol. The molecule has 3 rings (SSSR count). The van der Waals surface area contributed by atoms with Crippen molar-refractivity contribution in [1.82, 2.24) is 15.0 Å². The first-order valence-corrected chi connectivity index (χ1v) is 6.94. The van der Waals surface area contributed by atoms with Crippen molar-refractivity contribution in [2.75, 3.05) is 12.4 Å². The third-order valence-electron chi connectivity index (χ3n) is 3.17. The number of anilines is 2. The van der Waals surface area contributed by atoms with Crippen LogP contribution in [0.3, 0.4) is 0 Å². The van der Waals surface area contributed by atoms with Gasteiger partial charge in [-0.25, -0.2) is 14.8 Å². The van der Waals surface area contributed by atoms with Crippen LogP contribution in [0.1, 0.15) is 10.4 Å². The lowest BCUT2D eigenvalue weighted by Crippen LogP contribution is -2.03. The Hall–Kier alpha value is -3.28. The van der Waals surface area contributed by atoms with Crippen molar-refractivity contribution in [2.45, 2.75) is 0 Å². The number of rotatable bonds is 4. The van der Waals surface area contributed by atoms with Gasteiger partial charge in [0.2, 0.25) is 5.95 Å². The zero-order valence-corrected chi connectivity index (χ0v) is 12.4. The molecule has 0 aliphatic rings. The second-order valence-electron chi connectivity index (χ2n) is 4.74. The lowest BCUT2D eigenvalue weighted by Gasteiger charge is -2.06. The number of esters is 1. The smallest absolute Gasteiger partial charge is 0.339 e. The summed E-state index contributed by atoms with van der Waals surface area (Å²) in [4.78, 5) is 24.1. The van der Waals surface area contributed by atoms with E-state index in [9.17, 15) is 4.79 Å². The van der Waals surface area contributed by atoms with Crippen LogP contribution in [0.15, 0.2) is 61.2 Å². The van der Waals surface area contributed by atoms with Crippen molar-refractivity contribution in [3.8, 4) is 11.1 Å². The molecule has 0 saturated carbocycles. The van der Waals surface area contributed by atoms with Crippen molar-refractivity contribution in [2.24, 2.45) is 0 Å². The topological polar surface area (TPSA) is 77.0 Å². The van der Waals surface area contributed by atoms with E-state index < -0.39 is 5.97 Å². The van der Waals surface area contributed by atoms with Gasteiger partial charge >= 0.3 is 5.97 Å². The van der Waals surface area contributed by atoms with Crippen molar-refractivity contribution >= 4 is 17.6 Å². The largest absolute Gasteiger partial charge is 0.465 e. The van der Waals surface area contributed by atoms with Gasteiger partial charge in [0, 0.05) is 24.2 Å². The van der Waals surface area contributed by atoms with E-state index in [4.69, 9.17) is 0 Å². The summed E-state index contributed by atoms with van der Waals surface area (Å²) in [5.74, 6) is -0.0185. The molecule has 1 aromatic carbocycles. The highest BCUT2D eigenvalue weighted by atomic mass is 16.5. The summed E-state index contributed by atoms with van der Waals surface area (Å²) in [6.07, 6.45) is 6.50. The molecule has 0 spiro atoms. The molecule has 2 heterocycles. The molecule has 23 heavy (non-hydrogen) atoms. The molecule has 114 valence electrons. The second-order valence-corrected chi connectivity index (χ2v) is 4.74. The van der Waals surface area contributed by atoms with Crippen molar-refractivity contribution in [1.29, 1.82) is 0 Å². The van der Waals surface area contributed by atoms with E-state index in [1.165, 1.54) is 13.3 Å². The molecule has 0 radical (unpaired) electrons.